The van der Waals surface area contributed by atoms with Crippen molar-refractivity contribution in [2.75, 3.05) is 5.75 Å². The zero-order valence-electron chi connectivity index (χ0n) is 14.4. The third-order valence-corrected chi connectivity index (χ3v) is 5.50. The second-order valence-corrected chi connectivity index (χ2v) is 7.22. The molecule has 2 heterocycles. The lowest BCUT2D eigenvalue weighted by Gasteiger charge is -2.33. The van der Waals surface area contributed by atoms with Crippen LogP contribution in [0.3, 0.4) is 0 Å². The van der Waals surface area contributed by atoms with Gasteiger partial charge in [0.05, 0.1) is 18.8 Å². The van der Waals surface area contributed by atoms with Crippen LogP contribution in [0.25, 0.3) is 0 Å². The van der Waals surface area contributed by atoms with E-state index >= 15 is 0 Å². The summed E-state index contributed by atoms with van der Waals surface area (Å²) in [5.41, 5.74) is 2.28. The Bertz CT molecular complexity index is 833. The van der Waals surface area contributed by atoms with Gasteiger partial charge in [-0.2, -0.15) is 0 Å². The Kier molecular flexibility index (Phi) is 4.80. The Morgan fingerprint density at radius 3 is 2.72 bits per heavy atom. The van der Waals surface area contributed by atoms with E-state index in [0.29, 0.717) is 11.6 Å². The molecule has 0 spiro atoms. The smallest absolute Gasteiger partial charge is 0.328 e. The van der Waals surface area contributed by atoms with Crippen molar-refractivity contribution in [3.05, 3.63) is 41.0 Å². The predicted molar refractivity (Wildman–Crippen MR) is 93.4 cm³/mol. The van der Waals surface area contributed by atoms with Crippen LogP contribution in [0, 0.1) is 20.8 Å². The van der Waals surface area contributed by atoms with Crippen LogP contribution in [0.15, 0.2) is 23.1 Å². The largest absolute Gasteiger partial charge is 0.480 e. The molecule has 8 heteroatoms. The summed E-state index contributed by atoms with van der Waals surface area (Å²) < 4.78 is 1.76. The lowest BCUT2D eigenvalue weighted by atomic mass is 10.2. The summed E-state index contributed by atoms with van der Waals surface area (Å²) in [7, 11) is 0. The molecule has 132 valence electrons. The highest BCUT2D eigenvalue weighted by Crippen LogP contribution is 2.25. The van der Waals surface area contributed by atoms with E-state index in [1.54, 1.807) is 11.5 Å². The molecule has 0 saturated heterocycles. The van der Waals surface area contributed by atoms with Crippen LogP contribution >= 0.6 is 11.8 Å². The van der Waals surface area contributed by atoms with Gasteiger partial charge in [0.2, 0.25) is 5.91 Å². The van der Waals surface area contributed by atoms with E-state index in [0.717, 1.165) is 10.5 Å². The van der Waals surface area contributed by atoms with Gasteiger partial charge in [-0.15, -0.1) is 22.0 Å². The molecule has 0 bridgehead atoms. The molecular formula is C17H20N4O3S. The van der Waals surface area contributed by atoms with E-state index in [1.165, 1.54) is 22.2 Å². The first-order valence-corrected chi connectivity index (χ1v) is 8.96. The Labute approximate surface area is 150 Å². The summed E-state index contributed by atoms with van der Waals surface area (Å²) in [6.07, 6.45) is 0. The molecule has 1 aliphatic heterocycles. The number of carbonyl (C=O) groups is 2. The molecule has 1 unspecified atom stereocenters. The summed E-state index contributed by atoms with van der Waals surface area (Å²) in [5.74, 6) is 0.270. The van der Waals surface area contributed by atoms with E-state index in [-0.39, 0.29) is 24.7 Å². The minimum atomic E-state index is -1.01. The number of benzene rings is 1. The number of hydrogen-bond donors (Lipinski definition) is 1. The highest BCUT2D eigenvalue weighted by molar-refractivity contribution is 8.00. The predicted octanol–water partition coefficient (Wildman–Crippen LogP) is 1.79. The highest BCUT2D eigenvalue weighted by atomic mass is 32.2. The minimum Gasteiger partial charge on any atom is -0.480 e. The average Bonchev–Trinajstić information content (AvgIpc) is 2.93. The van der Waals surface area contributed by atoms with Crippen LogP contribution in [0.2, 0.25) is 0 Å². The fourth-order valence-corrected chi connectivity index (χ4v) is 3.87. The Morgan fingerprint density at radius 1 is 1.28 bits per heavy atom. The molecule has 3 rings (SSSR count). The second-order valence-electron chi connectivity index (χ2n) is 6.21. The number of aryl methyl sites for hydroxylation is 3. The van der Waals surface area contributed by atoms with Crippen LogP contribution in [0.5, 0.6) is 0 Å². The minimum absolute atomic E-state index is 0.171. The van der Waals surface area contributed by atoms with Gasteiger partial charge in [0.15, 0.2) is 5.82 Å². The average molecular weight is 360 g/mol. The van der Waals surface area contributed by atoms with Gasteiger partial charge < -0.3 is 14.6 Å². The van der Waals surface area contributed by atoms with Crippen molar-refractivity contribution in [2.24, 2.45) is 0 Å². The maximum atomic E-state index is 12.7. The second kappa shape index (κ2) is 6.87. The monoisotopic (exact) mass is 360 g/mol. The number of fused-ring (bicyclic) bond motifs is 1. The maximum absolute atomic E-state index is 12.7. The molecule has 0 saturated carbocycles. The summed E-state index contributed by atoms with van der Waals surface area (Å²) in [6, 6.07) is 5.17. The molecular weight excluding hydrogens is 340 g/mol. The third-order valence-electron chi connectivity index (χ3n) is 4.34. The Balaban J connectivity index is 1.74. The van der Waals surface area contributed by atoms with Crippen molar-refractivity contribution in [1.82, 2.24) is 19.7 Å². The first-order valence-electron chi connectivity index (χ1n) is 7.98. The molecule has 25 heavy (non-hydrogen) atoms. The first kappa shape index (κ1) is 17.5. The fourth-order valence-electron chi connectivity index (χ4n) is 2.97. The molecule has 2 aromatic rings. The van der Waals surface area contributed by atoms with Gasteiger partial charge in [-0.05, 0) is 32.4 Å². The molecule has 1 amide bonds. The van der Waals surface area contributed by atoms with Crippen LogP contribution in [-0.4, -0.2) is 48.4 Å². The summed E-state index contributed by atoms with van der Waals surface area (Å²) >= 11 is 1.43. The number of nitrogens with zero attached hydrogens (tertiary/aromatic N) is 4. The van der Waals surface area contributed by atoms with E-state index < -0.39 is 12.0 Å². The molecule has 1 aliphatic rings. The van der Waals surface area contributed by atoms with Crippen LogP contribution < -0.4 is 0 Å². The number of carbonyl (C=O) groups excluding carboxylic acids is 1. The number of aromatic nitrogens is 3. The molecule has 1 atom stereocenters. The lowest BCUT2D eigenvalue weighted by molar-refractivity contribution is -0.151. The summed E-state index contributed by atoms with van der Waals surface area (Å²) in [6.45, 7) is 6.17. The van der Waals surface area contributed by atoms with Gasteiger partial charge in [-0.3, -0.25) is 4.79 Å². The lowest BCUT2D eigenvalue weighted by Crippen LogP contribution is -2.51. The first-order chi connectivity index (χ1) is 11.9. The number of hydrogen-bond acceptors (Lipinski definition) is 5. The standard InChI is InChI=1S/C17H20N4O3S/c1-10-4-5-14(11(2)6-10)25-9-16(22)21-8-15-19-18-12(3)20(15)7-13(21)17(23)24/h4-6,13H,7-9H2,1-3H3,(H,23,24). The van der Waals surface area contributed by atoms with Crippen LogP contribution in [-0.2, 0) is 22.7 Å². The number of thioether (sulfide) groups is 1. The number of carboxylic acid groups (broad SMARTS) is 1. The quantitative estimate of drug-likeness (QED) is 0.837. The van der Waals surface area contributed by atoms with E-state index in [1.807, 2.05) is 26.0 Å². The van der Waals surface area contributed by atoms with Gasteiger partial charge in [-0.1, -0.05) is 17.7 Å². The topological polar surface area (TPSA) is 88.3 Å². The fraction of sp³-hybridized carbons (Fsp3) is 0.412. The molecule has 0 radical (unpaired) electrons. The Hall–Kier alpha value is -2.35. The third kappa shape index (κ3) is 3.53. The number of carboxylic acids is 1. The highest BCUT2D eigenvalue weighted by Gasteiger charge is 2.36. The van der Waals surface area contributed by atoms with Crippen molar-refractivity contribution in [3.63, 3.8) is 0 Å². The van der Waals surface area contributed by atoms with Gasteiger partial charge in [0.25, 0.3) is 0 Å². The zero-order valence-corrected chi connectivity index (χ0v) is 15.2. The van der Waals surface area contributed by atoms with Crippen molar-refractivity contribution < 1.29 is 14.7 Å². The van der Waals surface area contributed by atoms with Crippen molar-refractivity contribution in [2.45, 2.75) is 44.8 Å². The molecule has 0 fully saturated rings. The number of aliphatic carboxylic acids is 1. The summed E-state index contributed by atoms with van der Waals surface area (Å²) in [4.78, 5) is 26.7. The van der Waals surface area contributed by atoms with Crippen LogP contribution in [0.1, 0.15) is 22.8 Å². The van der Waals surface area contributed by atoms with E-state index in [9.17, 15) is 14.7 Å². The van der Waals surface area contributed by atoms with E-state index in [2.05, 4.69) is 16.3 Å². The molecule has 0 aliphatic carbocycles. The maximum Gasteiger partial charge on any atom is 0.328 e. The van der Waals surface area contributed by atoms with E-state index in [4.69, 9.17) is 0 Å². The van der Waals surface area contributed by atoms with Gasteiger partial charge >= 0.3 is 5.97 Å². The SMILES string of the molecule is Cc1ccc(SCC(=O)N2Cc3nnc(C)n3CC2C(=O)O)c(C)c1. The van der Waals surface area contributed by atoms with Crippen LogP contribution in [0.4, 0.5) is 0 Å². The van der Waals surface area contributed by atoms with Crippen molar-refractivity contribution >= 4 is 23.6 Å². The van der Waals surface area contributed by atoms with Gasteiger partial charge in [0.1, 0.15) is 11.9 Å². The van der Waals surface area contributed by atoms with Gasteiger partial charge in [-0.25, -0.2) is 4.79 Å². The Morgan fingerprint density at radius 2 is 2.04 bits per heavy atom. The van der Waals surface area contributed by atoms with Crippen molar-refractivity contribution in [3.8, 4) is 0 Å². The normalized spacial score (nSPS) is 16.6. The summed E-state index contributed by atoms with van der Waals surface area (Å²) in [5, 5.41) is 17.5. The van der Waals surface area contributed by atoms with Gasteiger partial charge in [0, 0.05) is 4.90 Å². The molecule has 1 N–H and O–H groups in total. The number of amides is 1. The zero-order chi connectivity index (χ0) is 18.1. The molecule has 1 aromatic carbocycles. The number of rotatable bonds is 4. The molecule has 1 aromatic heterocycles. The molecule has 7 nitrogen and oxygen atoms in total. The van der Waals surface area contributed by atoms with Crippen molar-refractivity contribution in [1.29, 1.82) is 0 Å².